The number of rotatable bonds is 16. The lowest BCUT2D eigenvalue weighted by Crippen LogP contribution is -2.37. The Morgan fingerprint density at radius 3 is 2.27 bits per heavy atom. The molecule has 0 saturated carbocycles. The summed E-state index contributed by atoms with van der Waals surface area (Å²) in [5.41, 5.74) is 0.777. The zero-order valence-electron chi connectivity index (χ0n) is 18.9. The van der Waals surface area contributed by atoms with Crippen LogP contribution in [-0.4, -0.2) is 80.5 Å². The zero-order chi connectivity index (χ0) is 24.7. The molecule has 0 fully saturated rings. The average molecular weight is 479 g/mol. The first-order valence-electron chi connectivity index (χ1n) is 10.8. The molecule has 1 atom stereocenters. The number of carboxylic acid groups (broad SMARTS) is 1. The molecule has 0 spiro atoms. The molecule has 0 aromatic heterocycles. The van der Waals surface area contributed by atoms with Crippen LogP contribution >= 0.6 is 0 Å². The fourth-order valence-corrected chi connectivity index (χ4v) is 2.79. The van der Waals surface area contributed by atoms with E-state index in [4.69, 9.17) is 24.1 Å². The van der Waals surface area contributed by atoms with Gasteiger partial charge in [-0.2, -0.15) is 13.2 Å². The van der Waals surface area contributed by atoms with Gasteiger partial charge in [-0.3, -0.25) is 0 Å². The smallest absolute Gasteiger partial charge is 0.409 e. The number of ether oxygens (including phenoxy) is 4. The van der Waals surface area contributed by atoms with Gasteiger partial charge in [-0.1, -0.05) is 12.1 Å². The van der Waals surface area contributed by atoms with Crippen LogP contribution in [0, 0.1) is 0 Å². The van der Waals surface area contributed by atoms with E-state index in [0.717, 1.165) is 5.56 Å². The van der Waals surface area contributed by atoms with Crippen molar-refractivity contribution in [1.29, 1.82) is 0 Å². The number of alkyl halides is 3. The van der Waals surface area contributed by atoms with Crippen molar-refractivity contribution in [3.05, 3.63) is 29.8 Å². The van der Waals surface area contributed by atoms with E-state index in [0.29, 0.717) is 12.4 Å². The van der Waals surface area contributed by atoms with E-state index in [1.807, 2.05) is 0 Å². The molecule has 1 amide bonds. The molecule has 1 aromatic rings. The Morgan fingerprint density at radius 2 is 1.70 bits per heavy atom. The third-order valence-corrected chi connectivity index (χ3v) is 4.40. The fraction of sp³-hybridized carbons (Fsp3) is 0.636. The number of hydrogen-bond donors (Lipinski definition) is 1. The van der Waals surface area contributed by atoms with E-state index < -0.39 is 30.8 Å². The van der Waals surface area contributed by atoms with Crippen molar-refractivity contribution < 1.29 is 46.8 Å². The molecular formula is C22H32F3NO7. The van der Waals surface area contributed by atoms with Crippen LogP contribution in [0.25, 0.3) is 0 Å². The molecule has 1 unspecified atom stereocenters. The number of nitrogens with zero attached hydrogens (tertiary/aromatic N) is 1. The number of carboxylic acids is 1. The van der Waals surface area contributed by atoms with Crippen LogP contribution in [0.5, 0.6) is 5.75 Å². The quantitative estimate of drug-likeness (QED) is 0.359. The Labute approximate surface area is 191 Å². The van der Waals surface area contributed by atoms with Gasteiger partial charge in [0.05, 0.1) is 19.8 Å². The normalized spacial score (nSPS) is 12.3. The second-order valence-corrected chi connectivity index (χ2v) is 7.00. The largest absolute Gasteiger partial charge is 0.492 e. The number of carbonyl (C=O) groups excluding carboxylic acids is 1. The lowest BCUT2D eigenvalue weighted by Gasteiger charge is -2.22. The highest BCUT2D eigenvalue weighted by Gasteiger charge is 2.26. The van der Waals surface area contributed by atoms with Crippen LogP contribution in [0.4, 0.5) is 18.0 Å². The number of benzene rings is 1. The molecule has 0 bridgehead atoms. The van der Waals surface area contributed by atoms with E-state index in [-0.39, 0.29) is 52.4 Å². The maximum atomic E-state index is 12.1. The molecule has 0 heterocycles. The van der Waals surface area contributed by atoms with Crippen LogP contribution in [0.1, 0.15) is 32.3 Å². The average Bonchev–Trinajstić information content (AvgIpc) is 2.75. The molecule has 1 rings (SSSR count). The number of aliphatic carboxylic acids is 1. The topological polar surface area (TPSA) is 94.5 Å². The predicted molar refractivity (Wildman–Crippen MR) is 113 cm³/mol. The highest BCUT2D eigenvalue weighted by Crippen LogP contribution is 2.21. The van der Waals surface area contributed by atoms with Gasteiger partial charge in [0.1, 0.15) is 12.4 Å². The molecule has 0 saturated heterocycles. The van der Waals surface area contributed by atoms with Gasteiger partial charge in [0, 0.05) is 32.6 Å². The van der Waals surface area contributed by atoms with Crippen LogP contribution in [0.2, 0.25) is 0 Å². The van der Waals surface area contributed by atoms with E-state index in [1.165, 1.54) is 4.90 Å². The maximum Gasteiger partial charge on any atom is 0.409 e. The van der Waals surface area contributed by atoms with E-state index in [2.05, 4.69) is 0 Å². The highest BCUT2D eigenvalue weighted by atomic mass is 19.4. The van der Waals surface area contributed by atoms with Crippen LogP contribution in [-0.2, 0) is 25.4 Å². The summed E-state index contributed by atoms with van der Waals surface area (Å²) in [4.78, 5) is 24.6. The SMILES string of the molecule is CCOC(=O)N(CCOCCCC(F)(F)F)CCOc1ccc(CC(OCC)C(=O)O)cc1. The number of hydrogen-bond acceptors (Lipinski definition) is 6. The summed E-state index contributed by atoms with van der Waals surface area (Å²) in [6.45, 7) is 4.41. The highest BCUT2D eigenvalue weighted by molar-refractivity contribution is 5.72. The molecule has 0 aliphatic carbocycles. The first kappa shape index (κ1) is 28.5. The molecule has 33 heavy (non-hydrogen) atoms. The molecular weight excluding hydrogens is 447 g/mol. The number of amides is 1. The molecule has 188 valence electrons. The third kappa shape index (κ3) is 12.9. The third-order valence-electron chi connectivity index (χ3n) is 4.40. The first-order chi connectivity index (χ1) is 15.7. The molecule has 8 nitrogen and oxygen atoms in total. The standard InChI is InChI=1S/C22H32F3NO7/c1-3-31-19(20(27)28)16-17-6-8-18(9-7-17)33-15-12-26(21(29)32-4-2)11-14-30-13-5-10-22(23,24)25/h6-9,19H,3-5,10-16H2,1-2H3,(H,27,28). The summed E-state index contributed by atoms with van der Waals surface area (Å²) in [7, 11) is 0. The van der Waals surface area contributed by atoms with Gasteiger partial charge in [-0.15, -0.1) is 0 Å². The second-order valence-electron chi connectivity index (χ2n) is 7.00. The molecule has 0 aliphatic heterocycles. The summed E-state index contributed by atoms with van der Waals surface area (Å²) < 4.78 is 57.4. The minimum Gasteiger partial charge on any atom is -0.492 e. The number of halogens is 3. The molecule has 11 heteroatoms. The molecule has 0 radical (unpaired) electrons. The van der Waals surface area contributed by atoms with E-state index in [1.54, 1.807) is 38.1 Å². The Hall–Kier alpha value is -2.53. The Morgan fingerprint density at radius 1 is 1.03 bits per heavy atom. The van der Waals surface area contributed by atoms with Crippen LogP contribution < -0.4 is 4.74 Å². The van der Waals surface area contributed by atoms with E-state index >= 15 is 0 Å². The fourth-order valence-electron chi connectivity index (χ4n) is 2.79. The monoisotopic (exact) mass is 479 g/mol. The Balaban J connectivity index is 2.45. The van der Waals surface area contributed by atoms with Gasteiger partial charge in [0.2, 0.25) is 0 Å². The minimum atomic E-state index is -4.21. The van der Waals surface area contributed by atoms with Crippen LogP contribution in [0.15, 0.2) is 24.3 Å². The zero-order valence-corrected chi connectivity index (χ0v) is 18.9. The first-order valence-corrected chi connectivity index (χ1v) is 10.8. The summed E-state index contributed by atoms with van der Waals surface area (Å²) in [5.74, 6) is -0.491. The maximum absolute atomic E-state index is 12.1. The van der Waals surface area contributed by atoms with Crippen molar-refractivity contribution in [3.8, 4) is 5.75 Å². The second kappa shape index (κ2) is 15.3. The lowest BCUT2D eigenvalue weighted by molar-refractivity contribution is -0.150. The van der Waals surface area contributed by atoms with E-state index in [9.17, 15) is 22.8 Å². The summed E-state index contributed by atoms with van der Waals surface area (Å²) in [5, 5.41) is 9.16. The van der Waals surface area contributed by atoms with Gasteiger partial charge >= 0.3 is 18.2 Å². The van der Waals surface area contributed by atoms with Gasteiger partial charge in [0.15, 0.2) is 6.10 Å². The Kier molecular flexibility index (Phi) is 13.2. The molecule has 1 N–H and O–H groups in total. The van der Waals surface area contributed by atoms with Crippen molar-refractivity contribution in [2.75, 3.05) is 46.1 Å². The molecule has 1 aromatic carbocycles. The van der Waals surface area contributed by atoms with Crippen molar-refractivity contribution in [2.24, 2.45) is 0 Å². The predicted octanol–water partition coefficient (Wildman–Crippen LogP) is 3.92. The Bertz CT molecular complexity index is 698. The number of carbonyl (C=O) groups is 2. The summed E-state index contributed by atoms with van der Waals surface area (Å²) in [6, 6.07) is 6.86. The summed E-state index contributed by atoms with van der Waals surface area (Å²) >= 11 is 0. The van der Waals surface area contributed by atoms with Crippen molar-refractivity contribution in [3.63, 3.8) is 0 Å². The molecule has 0 aliphatic rings. The van der Waals surface area contributed by atoms with Gasteiger partial charge in [-0.25, -0.2) is 9.59 Å². The van der Waals surface area contributed by atoms with Crippen molar-refractivity contribution in [1.82, 2.24) is 4.90 Å². The lowest BCUT2D eigenvalue weighted by atomic mass is 10.1. The summed E-state index contributed by atoms with van der Waals surface area (Å²) in [6.07, 6.45) is -6.52. The van der Waals surface area contributed by atoms with Crippen LogP contribution in [0.3, 0.4) is 0 Å². The minimum absolute atomic E-state index is 0.0505. The van der Waals surface area contributed by atoms with Gasteiger partial charge < -0.3 is 29.0 Å². The van der Waals surface area contributed by atoms with Gasteiger partial charge in [-0.05, 0) is 38.0 Å². The van der Waals surface area contributed by atoms with Gasteiger partial charge in [0.25, 0.3) is 0 Å². The van der Waals surface area contributed by atoms with Crippen molar-refractivity contribution >= 4 is 12.1 Å². The van der Waals surface area contributed by atoms with Crippen molar-refractivity contribution in [2.45, 2.75) is 45.4 Å².